The fraction of sp³-hybridized carbons (Fsp3) is 0.812. The van der Waals surface area contributed by atoms with Crippen LogP contribution in [0.1, 0.15) is 46.5 Å². The van der Waals surface area contributed by atoms with Gasteiger partial charge in [-0.1, -0.05) is 31.9 Å². The molecular weight excluding hydrogens is 224 g/mol. The maximum atomic E-state index is 11.8. The van der Waals surface area contributed by atoms with Crippen LogP contribution in [0.2, 0.25) is 0 Å². The quantitative estimate of drug-likeness (QED) is 0.550. The van der Waals surface area contributed by atoms with Crippen LogP contribution in [0.5, 0.6) is 0 Å². The van der Waals surface area contributed by atoms with E-state index >= 15 is 0 Å². The lowest BCUT2D eigenvalue weighted by atomic mass is 9.59. The summed E-state index contributed by atoms with van der Waals surface area (Å²) in [6, 6.07) is 0. The van der Waals surface area contributed by atoms with E-state index in [1.807, 2.05) is 0 Å². The Bertz CT molecular complexity index is 345. The zero-order valence-electron chi connectivity index (χ0n) is 12.1. The van der Waals surface area contributed by atoms with Gasteiger partial charge in [-0.05, 0) is 49.9 Å². The second kappa shape index (κ2) is 5.46. The second-order valence-corrected chi connectivity index (χ2v) is 6.35. The van der Waals surface area contributed by atoms with Crippen LogP contribution in [0.3, 0.4) is 0 Å². The Hall–Kier alpha value is -0.790. The summed E-state index contributed by atoms with van der Waals surface area (Å²) >= 11 is 0. The molecule has 1 fully saturated rings. The van der Waals surface area contributed by atoms with Gasteiger partial charge in [0, 0.05) is 0 Å². The first-order valence-corrected chi connectivity index (χ1v) is 7.28. The molecule has 0 radical (unpaired) electrons. The number of hydrogen-bond acceptors (Lipinski definition) is 2. The molecule has 2 nitrogen and oxygen atoms in total. The highest BCUT2D eigenvalue weighted by molar-refractivity contribution is 5.72. The minimum atomic E-state index is -0.0273. The predicted molar refractivity (Wildman–Crippen MR) is 73.0 cm³/mol. The molecule has 0 heterocycles. The Kier molecular flexibility index (Phi) is 4.14. The number of fused-ring (bicyclic) bond motifs is 1. The molecule has 0 aromatic rings. The normalized spacial score (nSPS) is 37.4. The standard InChI is InChI=1S/C16H26O2/c1-10-5-7-13-11(2)6-8-14(15(13)9-10)12(3)16(17)18-4/h5,11-15H,6-9H2,1-4H3/t11-,12-,13+,14+,15+/m1/s1. The van der Waals surface area contributed by atoms with Gasteiger partial charge in [-0.3, -0.25) is 4.79 Å². The predicted octanol–water partition coefficient (Wildman–Crippen LogP) is 3.81. The maximum absolute atomic E-state index is 11.8. The first-order valence-electron chi connectivity index (χ1n) is 7.28. The molecule has 0 bridgehead atoms. The molecule has 5 atom stereocenters. The van der Waals surface area contributed by atoms with Crippen molar-refractivity contribution in [2.45, 2.75) is 46.5 Å². The Balaban J connectivity index is 2.16. The zero-order chi connectivity index (χ0) is 13.3. The van der Waals surface area contributed by atoms with Crippen molar-refractivity contribution in [3.63, 3.8) is 0 Å². The lowest BCUT2D eigenvalue weighted by Crippen LogP contribution is -2.40. The van der Waals surface area contributed by atoms with Gasteiger partial charge < -0.3 is 4.74 Å². The summed E-state index contributed by atoms with van der Waals surface area (Å²) in [5.41, 5.74) is 1.51. The summed E-state index contributed by atoms with van der Waals surface area (Å²) in [5, 5.41) is 0. The number of hydrogen-bond donors (Lipinski definition) is 0. The van der Waals surface area contributed by atoms with Gasteiger partial charge >= 0.3 is 5.97 Å². The van der Waals surface area contributed by atoms with Gasteiger partial charge in [0.25, 0.3) is 0 Å². The lowest BCUT2D eigenvalue weighted by Gasteiger charge is -2.46. The average Bonchev–Trinajstić information content (AvgIpc) is 2.37. The number of methoxy groups -OCH3 is 1. The van der Waals surface area contributed by atoms with Gasteiger partial charge in [0.15, 0.2) is 0 Å². The molecule has 2 heteroatoms. The smallest absolute Gasteiger partial charge is 0.308 e. The van der Waals surface area contributed by atoms with Crippen molar-refractivity contribution < 1.29 is 9.53 Å². The molecule has 0 aromatic carbocycles. The Labute approximate surface area is 111 Å². The van der Waals surface area contributed by atoms with Gasteiger partial charge in [-0.15, -0.1) is 0 Å². The summed E-state index contributed by atoms with van der Waals surface area (Å²) in [5.74, 6) is 2.82. The fourth-order valence-corrected chi connectivity index (χ4v) is 4.11. The van der Waals surface area contributed by atoms with Gasteiger partial charge in [0.1, 0.15) is 0 Å². The first-order chi connectivity index (χ1) is 8.54. The summed E-state index contributed by atoms with van der Waals surface area (Å²) < 4.78 is 4.95. The van der Waals surface area contributed by atoms with Crippen molar-refractivity contribution >= 4 is 5.97 Å². The molecule has 2 aliphatic carbocycles. The van der Waals surface area contributed by atoms with Crippen molar-refractivity contribution in [3.05, 3.63) is 11.6 Å². The third-order valence-electron chi connectivity index (χ3n) is 5.30. The molecule has 0 aromatic heterocycles. The molecule has 0 spiro atoms. The van der Waals surface area contributed by atoms with Crippen molar-refractivity contribution in [1.82, 2.24) is 0 Å². The average molecular weight is 250 g/mol. The van der Waals surface area contributed by atoms with Crippen molar-refractivity contribution in [1.29, 1.82) is 0 Å². The largest absolute Gasteiger partial charge is 0.469 e. The van der Waals surface area contributed by atoms with Crippen molar-refractivity contribution in [2.75, 3.05) is 7.11 Å². The van der Waals surface area contributed by atoms with Crippen LogP contribution in [0.25, 0.3) is 0 Å². The van der Waals surface area contributed by atoms with E-state index in [4.69, 9.17) is 4.74 Å². The third kappa shape index (κ3) is 2.48. The lowest BCUT2D eigenvalue weighted by molar-refractivity contribution is -0.149. The van der Waals surface area contributed by atoms with E-state index in [-0.39, 0.29) is 11.9 Å². The Morgan fingerprint density at radius 3 is 2.78 bits per heavy atom. The van der Waals surface area contributed by atoms with E-state index in [0.29, 0.717) is 11.8 Å². The molecule has 1 saturated carbocycles. The molecular formula is C16H26O2. The van der Waals surface area contributed by atoms with E-state index in [1.54, 1.807) is 0 Å². The van der Waals surface area contributed by atoms with Crippen LogP contribution in [0.4, 0.5) is 0 Å². The summed E-state index contributed by atoms with van der Waals surface area (Å²) in [7, 11) is 1.51. The number of rotatable bonds is 2. The van der Waals surface area contributed by atoms with E-state index in [9.17, 15) is 4.79 Å². The van der Waals surface area contributed by atoms with Crippen LogP contribution >= 0.6 is 0 Å². The second-order valence-electron chi connectivity index (χ2n) is 6.35. The SMILES string of the molecule is COC(=O)[C@H](C)[C@@H]1CC[C@@H](C)[C@@H]2CC=C(C)C[C@@H]21. The van der Waals surface area contributed by atoms with E-state index in [0.717, 1.165) is 11.8 Å². The zero-order valence-corrected chi connectivity index (χ0v) is 12.1. The molecule has 0 saturated heterocycles. The third-order valence-corrected chi connectivity index (χ3v) is 5.30. The summed E-state index contributed by atoms with van der Waals surface area (Å²) in [6.07, 6.45) is 7.25. The molecule has 2 rings (SSSR count). The van der Waals surface area contributed by atoms with Gasteiger partial charge in [0.05, 0.1) is 13.0 Å². The van der Waals surface area contributed by atoms with Crippen molar-refractivity contribution in [2.24, 2.45) is 29.6 Å². The highest BCUT2D eigenvalue weighted by Gasteiger charge is 2.42. The molecule has 0 aliphatic heterocycles. The Morgan fingerprint density at radius 1 is 1.39 bits per heavy atom. The van der Waals surface area contributed by atoms with Gasteiger partial charge in [-0.2, -0.15) is 0 Å². The van der Waals surface area contributed by atoms with Crippen LogP contribution in [-0.4, -0.2) is 13.1 Å². The minimum absolute atomic E-state index is 0.0273. The van der Waals surface area contributed by atoms with E-state index in [1.165, 1.54) is 38.4 Å². The fourth-order valence-electron chi connectivity index (χ4n) is 4.11. The van der Waals surface area contributed by atoms with Crippen molar-refractivity contribution in [3.8, 4) is 0 Å². The monoisotopic (exact) mass is 250 g/mol. The molecule has 0 amide bonds. The van der Waals surface area contributed by atoms with Crippen LogP contribution in [-0.2, 0) is 9.53 Å². The Morgan fingerprint density at radius 2 is 2.11 bits per heavy atom. The van der Waals surface area contributed by atoms with Crippen LogP contribution in [0, 0.1) is 29.6 Å². The molecule has 18 heavy (non-hydrogen) atoms. The number of allylic oxidation sites excluding steroid dienone is 2. The van der Waals surface area contributed by atoms with E-state index in [2.05, 4.69) is 26.8 Å². The first kappa shape index (κ1) is 13.6. The number of carbonyl (C=O) groups excluding carboxylic acids is 1. The number of carbonyl (C=O) groups is 1. The molecule has 0 N–H and O–H groups in total. The van der Waals surface area contributed by atoms with Gasteiger partial charge in [-0.25, -0.2) is 0 Å². The topological polar surface area (TPSA) is 26.3 Å². The summed E-state index contributed by atoms with van der Waals surface area (Å²) in [4.78, 5) is 11.8. The van der Waals surface area contributed by atoms with Crippen LogP contribution in [0.15, 0.2) is 11.6 Å². The molecule has 102 valence electrons. The number of esters is 1. The molecule has 0 unspecified atom stereocenters. The highest BCUT2D eigenvalue weighted by Crippen LogP contribution is 2.48. The highest BCUT2D eigenvalue weighted by atomic mass is 16.5. The van der Waals surface area contributed by atoms with Crippen LogP contribution < -0.4 is 0 Å². The number of ether oxygens (including phenoxy) is 1. The summed E-state index contributed by atoms with van der Waals surface area (Å²) in [6.45, 7) is 6.66. The minimum Gasteiger partial charge on any atom is -0.469 e. The van der Waals surface area contributed by atoms with E-state index < -0.39 is 0 Å². The molecule has 2 aliphatic rings. The maximum Gasteiger partial charge on any atom is 0.308 e. The van der Waals surface area contributed by atoms with Gasteiger partial charge in [0.2, 0.25) is 0 Å².